The number of nitrogens with zero attached hydrogens (tertiary/aromatic N) is 1. The number of carboxylic acid groups (broad SMARTS) is 1. The van der Waals surface area contributed by atoms with Gasteiger partial charge in [-0.25, -0.2) is 9.78 Å². The first-order chi connectivity index (χ1) is 15.2. The smallest absolute Gasteiger partial charge is 0.416 e. The van der Waals surface area contributed by atoms with Gasteiger partial charge >= 0.3 is 12.1 Å². The Hall–Kier alpha value is -2.52. The largest absolute Gasteiger partial charge is 0.482 e. The number of halogens is 3. The zero-order chi connectivity index (χ0) is 22.9. The lowest BCUT2D eigenvalue weighted by atomic mass is 10.1. The van der Waals surface area contributed by atoms with E-state index in [4.69, 9.17) is 9.84 Å². The van der Waals surface area contributed by atoms with Crippen LogP contribution in [0.4, 0.5) is 13.2 Å². The number of rotatable bonds is 7. The summed E-state index contributed by atoms with van der Waals surface area (Å²) < 4.78 is 43.8. The van der Waals surface area contributed by atoms with Crippen LogP contribution in [-0.4, -0.2) is 22.7 Å². The van der Waals surface area contributed by atoms with Crippen molar-refractivity contribution in [1.82, 2.24) is 4.98 Å². The van der Waals surface area contributed by atoms with Crippen molar-refractivity contribution >= 4 is 29.1 Å². The lowest BCUT2D eigenvalue weighted by Gasteiger charge is -2.13. The Labute approximate surface area is 191 Å². The molecule has 0 fully saturated rings. The molecule has 0 unspecified atom stereocenters. The minimum atomic E-state index is -4.35. The Balaban J connectivity index is 1.49. The lowest BCUT2D eigenvalue weighted by Crippen LogP contribution is -2.10. The van der Waals surface area contributed by atoms with Gasteiger partial charge in [0.2, 0.25) is 0 Å². The van der Waals surface area contributed by atoms with Crippen LogP contribution in [0, 0.1) is 6.92 Å². The Morgan fingerprint density at radius 1 is 1.16 bits per heavy atom. The first-order valence-corrected chi connectivity index (χ1v) is 11.8. The van der Waals surface area contributed by atoms with Crippen molar-refractivity contribution < 1.29 is 27.8 Å². The number of alkyl halides is 3. The molecule has 1 N–H and O–H groups in total. The van der Waals surface area contributed by atoms with Gasteiger partial charge in [0.05, 0.1) is 11.3 Å². The molecule has 3 aromatic rings. The number of hydrogen-bond donors (Lipinski definition) is 1. The van der Waals surface area contributed by atoms with Crippen molar-refractivity contribution in [1.29, 1.82) is 0 Å². The molecule has 32 heavy (non-hydrogen) atoms. The van der Waals surface area contributed by atoms with Crippen LogP contribution in [0.25, 0.3) is 10.6 Å². The number of fused-ring (bicyclic) bond motifs is 1. The number of aromatic nitrogens is 1. The van der Waals surface area contributed by atoms with Gasteiger partial charge in [0, 0.05) is 21.1 Å². The molecule has 1 heterocycles. The summed E-state index contributed by atoms with van der Waals surface area (Å²) in [6.45, 7) is 1.55. The lowest BCUT2D eigenvalue weighted by molar-refractivity contribution is -0.139. The Kier molecular flexibility index (Phi) is 6.48. The maximum absolute atomic E-state index is 12.8. The van der Waals surface area contributed by atoms with Crippen LogP contribution in [-0.2, 0) is 29.6 Å². The normalized spacial score (nSPS) is 13.2. The van der Waals surface area contributed by atoms with Gasteiger partial charge in [-0.05, 0) is 61.6 Å². The van der Waals surface area contributed by atoms with E-state index in [2.05, 4.69) is 4.98 Å². The standard InChI is InChI=1S/C23H20F3NO3S2/c1-13-20(32-22(27-13)14-5-7-15(8-6-14)23(24,25)26)12-31-19-10-9-18(30-11-21(28)29)16-3-2-4-17(16)19/h5-10H,2-4,11-12H2,1H3,(H,28,29). The molecule has 1 aromatic heterocycles. The molecule has 9 heteroatoms. The molecule has 2 aromatic carbocycles. The van der Waals surface area contributed by atoms with Gasteiger partial charge < -0.3 is 9.84 Å². The molecule has 4 rings (SSSR count). The molecule has 0 aliphatic heterocycles. The summed E-state index contributed by atoms with van der Waals surface area (Å²) >= 11 is 3.18. The predicted molar refractivity (Wildman–Crippen MR) is 118 cm³/mol. The van der Waals surface area contributed by atoms with Gasteiger partial charge in [-0.3, -0.25) is 0 Å². The summed E-state index contributed by atoms with van der Waals surface area (Å²) in [4.78, 5) is 17.6. The summed E-state index contributed by atoms with van der Waals surface area (Å²) in [5.74, 6) is 0.342. The van der Waals surface area contributed by atoms with Crippen LogP contribution in [0.2, 0.25) is 0 Å². The quantitative estimate of drug-likeness (QED) is 0.399. The van der Waals surface area contributed by atoms with Crippen molar-refractivity contribution in [3.8, 4) is 16.3 Å². The highest BCUT2D eigenvalue weighted by Gasteiger charge is 2.30. The van der Waals surface area contributed by atoms with E-state index in [0.717, 1.165) is 52.4 Å². The van der Waals surface area contributed by atoms with Crippen LogP contribution in [0.15, 0.2) is 41.3 Å². The Bertz CT molecular complexity index is 1140. The molecule has 0 amide bonds. The van der Waals surface area contributed by atoms with E-state index in [1.54, 1.807) is 11.8 Å². The molecule has 0 atom stereocenters. The van der Waals surface area contributed by atoms with Crippen molar-refractivity contribution in [2.24, 2.45) is 0 Å². The number of hydrogen-bond acceptors (Lipinski definition) is 5. The van der Waals surface area contributed by atoms with Gasteiger partial charge in [-0.15, -0.1) is 23.1 Å². The van der Waals surface area contributed by atoms with Gasteiger partial charge in [-0.1, -0.05) is 12.1 Å². The van der Waals surface area contributed by atoms with E-state index in [1.165, 1.54) is 29.0 Å². The fourth-order valence-electron chi connectivity index (χ4n) is 3.68. The zero-order valence-corrected chi connectivity index (χ0v) is 18.8. The summed E-state index contributed by atoms with van der Waals surface area (Å²) in [7, 11) is 0. The molecule has 1 aliphatic rings. The number of benzene rings is 2. The predicted octanol–water partition coefficient (Wildman–Crippen LogP) is 6.38. The van der Waals surface area contributed by atoms with E-state index in [9.17, 15) is 18.0 Å². The van der Waals surface area contributed by atoms with Crippen LogP contribution in [0.3, 0.4) is 0 Å². The average Bonchev–Trinajstić information content (AvgIpc) is 3.38. The number of thiazole rings is 1. The Morgan fingerprint density at radius 3 is 2.56 bits per heavy atom. The maximum atomic E-state index is 12.8. The van der Waals surface area contributed by atoms with Crippen LogP contribution >= 0.6 is 23.1 Å². The second-order valence-corrected chi connectivity index (χ2v) is 9.55. The van der Waals surface area contributed by atoms with Crippen LogP contribution in [0.5, 0.6) is 5.75 Å². The van der Waals surface area contributed by atoms with Crippen LogP contribution < -0.4 is 4.74 Å². The molecule has 0 radical (unpaired) electrons. The third-order valence-electron chi connectivity index (χ3n) is 5.26. The zero-order valence-electron chi connectivity index (χ0n) is 17.2. The molecule has 1 aliphatic carbocycles. The first kappa shape index (κ1) is 22.7. The monoisotopic (exact) mass is 479 g/mol. The van der Waals surface area contributed by atoms with Gasteiger partial charge in [0.15, 0.2) is 6.61 Å². The third-order valence-corrected chi connectivity index (χ3v) is 7.78. The molecular formula is C23H20F3NO3S2. The number of thioether (sulfide) groups is 1. The average molecular weight is 480 g/mol. The SMILES string of the molecule is Cc1nc(-c2ccc(C(F)(F)F)cc2)sc1CSc1ccc(OCC(=O)O)c2c1CCC2. The molecule has 0 saturated carbocycles. The summed E-state index contributed by atoms with van der Waals surface area (Å²) in [6, 6.07) is 8.89. The van der Waals surface area contributed by atoms with Gasteiger partial charge in [-0.2, -0.15) is 13.2 Å². The molecule has 0 bridgehead atoms. The number of ether oxygens (including phenoxy) is 1. The summed E-state index contributed by atoms with van der Waals surface area (Å²) in [5.41, 5.74) is 3.17. The molecule has 168 valence electrons. The second kappa shape index (κ2) is 9.15. The number of aliphatic carboxylic acids is 1. The summed E-state index contributed by atoms with van der Waals surface area (Å²) in [6.07, 6.45) is -1.54. The van der Waals surface area contributed by atoms with E-state index >= 15 is 0 Å². The minimum absolute atomic E-state index is 0.355. The Morgan fingerprint density at radius 2 is 1.88 bits per heavy atom. The van der Waals surface area contributed by atoms with Crippen molar-refractivity contribution in [2.45, 2.75) is 43.0 Å². The number of carbonyl (C=O) groups is 1. The highest BCUT2D eigenvalue weighted by molar-refractivity contribution is 7.98. The number of carboxylic acids is 1. The fourth-order valence-corrected chi connectivity index (χ4v) is 6.02. The topological polar surface area (TPSA) is 59.4 Å². The third kappa shape index (κ3) is 4.94. The highest BCUT2D eigenvalue weighted by Crippen LogP contribution is 2.40. The maximum Gasteiger partial charge on any atom is 0.416 e. The molecule has 4 nitrogen and oxygen atoms in total. The fraction of sp³-hybridized carbons (Fsp3) is 0.304. The van der Waals surface area contributed by atoms with E-state index < -0.39 is 17.7 Å². The summed E-state index contributed by atoms with van der Waals surface area (Å²) in [5, 5.41) is 9.57. The van der Waals surface area contributed by atoms with Gasteiger partial charge in [0.1, 0.15) is 10.8 Å². The molecule has 0 saturated heterocycles. The highest BCUT2D eigenvalue weighted by atomic mass is 32.2. The van der Waals surface area contributed by atoms with Crippen molar-refractivity contribution in [3.05, 3.63) is 63.7 Å². The molecule has 0 spiro atoms. The van der Waals surface area contributed by atoms with E-state index in [-0.39, 0.29) is 6.61 Å². The van der Waals surface area contributed by atoms with E-state index in [0.29, 0.717) is 22.1 Å². The molecular weight excluding hydrogens is 459 g/mol. The van der Waals surface area contributed by atoms with E-state index in [1.807, 2.05) is 19.1 Å². The van der Waals surface area contributed by atoms with Crippen LogP contribution in [0.1, 0.15) is 33.7 Å². The second-order valence-electron chi connectivity index (χ2n) is 7.45. The minimum Gasteiger partial charge on any atom is -0.482 e. The van der Waals surface area contributed by atoms with Crippen molar-refractivity contribution in [3.63, 3.8) is 0 Å². The first-order valence-electron chi connectivity index (χ1n) is 9.98. The van der Waals surface area contributed by atoms with Crippen molar-refractivity contribution in [2.75, 3.05) is 6.61 Å². The number of aryl methyl sites for hydroxylation is 1. The van der Waals surface area contributed by atoms with Gasteiger partial charge in [0.25, 0.3) is 0 Å².